The highest BCUT2D eigenvalue weighted by Gasteiger charge is 2.33. The number of furan rings is 1. The highest BCUT2D eigenvalue weighted by atomic mass is 32.2. The molecule has 2 heterocycles. The maximum Gasteiger partial charge on any atom is 0.342 e. The van der Waals surface area contributed by atoms with Crippen LogP contribution in [0.1, 0.15) is 27.6 Å². The molecule has 0 atom stereocenters. The summed E-state index contributed by atoms with van der Waals surface area (Å²) in [7, 11) is -4.43. The normalized spacial score (nSPS) is 11.5. The van der Waals surface area contributed by atoms with Crippen LogP contribution in [-0.4, -0.2) is 31.9 Å². The number of carbonyl (C=O) groups is 2. The van der Waals surface area contributed by atoms with Gasteiger partial charge in [-0.1, -0.05) is 60.7 Å². The van der Waals surface area contributed by atoms with Gasteiger partial charge in [-0.15, -0.1) is 0 Å². The molecule has 0 aliphatic rings. The van der Waals surface area contributed by atoms with Crippen LogP contribution in [0.3, 0.4) is 0 Å². The maximum absolute atomic E-state index is 14.2. The van der Waals surface area contributed by atoms with Gasteiger partial charge in [0, 0.05) is 28.9 Å². The van der Waals surface area contributed by atoms with Crippen LogP contribution >= 0.6 is 0 Å². The summed E-state index contributed by atoms with van der Waals surface area (Å²) in [5.41, 5.74) is 1.27. The summed E-state index contributed by atoms with van der Waals surface area (Å²) in [5, 5.41) is 1.87. The second-order valence-electron chi connectivity index (χ2n) is 9.39. The van der Waals surface area contributed by atoms with E-state index in [1.54, 1.807) is 37.3 Å². The predicted molar refractivity (Wildman–Crippen MR) is 160 cm³/mol. The summed E-state index contributed by atoms with van der Waals surface area (Å²) in [5.74, 6) is -1.13. The minimum absolute atomic E-state index is 0.0310. The first-order valence-electron chi connectivity index (χ1n) is 13.2. The zero-order chi connectivity index (χ0) is 29.3. The summed E-state index contributed by atoms with van der Waals surface area (Å²) in [6, 6.07) is 28.5. The van der Waals surface area contributed by atoms with Crippen LogP contribution in [-0.2, 0) is 14.8 Å². The Balaban J connectivity index is 1.57. The third kappa shape index (κ3) is 4.80. The monoisotopic (exact) mass is 576 g/mol. The SMILES string of the molecule is CCOC(=O)c1c(-c2ccccc2)oc2ccc(N(C(=O)c3ccncc3)S(=O)(=O)c3ccc4ccccc4c3)cc12. The Morgan fingerprint density at radius 1 is 0.833 bits per heavy atom. The molecule has 0 bridgehead atoms. The van der Waals surface area contributed by atoms with Crippen LogP contribution in [0, 0.1) is 0 Å². The Morgan fingerprint density at radius 2 is 1.55 bits per heavy atom. The van der Waals surface area contributed by atoms with E-state index in [1.807, 2.05) is 36.4 Å². The lowest BCUT2D eigenvalue weighted by Gasteiger charge is -2.23. The Labute approximate surface area is 241 Å². The van der Waals surface area contributed by atoms with Gasteiger partial charge in [0.05, 0.1) is 17.2 Å². The third-order valence-corrected chi connectivity index (χ3v) is 8.50. The van der Waals surface area contributed by atoms with Crippen LogP contribution in [0.15, 0.2) is 125 Å². The van der Waals surface area contributed by atoms with Crippen molar-refractivity contribution in [3.05, 3.63) is 127 Å². The number of rotatable bonds is 7. The summed E-state index contributed by atoms with van der Waals surface area (Å²) in [6.07, 6.45) is 2.83. The van der Waals surface area contributed by atoms with Crippen molar-refractivity contribution in [1.29, 1.82) is 0 Å². The van der Waals surface area contributed by atoms with E-state index in [2.05, 4.69) is 4.98 Å². The number of ether oxygens (including phenoxy) is 1. The third-order valence-electron chi connectivity index (χ3n) is 6.79. The molecular formula is C33H24N2O6S. The van der Waals surface area contributed by atoms with E-state index in [9.17, 15) is 18.0 Å². The largest absolute Gasteiger partial charge is 0.462 e. The topological polar surface area (TPSA) is 107 Å². The lowest BCUT2D eigenvalue weighted by molar-refractivity contribution is 0.0528. The van der Waals surface area contributed by atoms with Gasteiger partial charge in [0.1, 0.15) is 16.9 Å². The Morgan fingerprint density at radius 3 is 2.29 bits per heavy atom. The molecule has 8 nitrogen and oxygen atoms in total. The standard InChI is InChI=1S/C33H24N2O6S/c1-2-40-33(37)30-28-21-26(13-15-29(28)41-31(30)23-9-4-3-5-10-23)35(32(36)24-16-18-34-19-17-24)42(38,39)27-14-12-22-8-6-7-11-25(22)20-27/h3-21H,2H2,1H3. The molecular weight excluding hydrogens is 552 g/mol. The molecule has 0 fully saturated rings. The highest BCUT2D eigenvalue weighted by Crippen LogP contribution is 2.38. The van der Waals surface area contributed by atoms with Crippen LogP contribution in [0.4, 0.5) is 5.69 Å². The van der Waals surface area contributed by atoms with Gasteiger partial charge in [0.25, 0.3) is 15.9 Å². The zero-order valence-electron chi connectivity index (χ0n) is 22.4. The van der Waals surface area contributed by atoms with Crippen molar-refractivity contribution in [2.45, 2.75) is 11.8 Å². The van der Waals surface area contributed by atoms with Crippen molar-refractivity contribution in [3.8, 4) is 11.3 Å². The number of benzene rings is 4. The number of pyridine rings is 1. The average molecular weight is 577 g/mol. The number of sulfonamides is 1. The fraction of sp³-hybridized carbons (Fsp3) is 0.0606. The first-order valence-corrected chi connectivity index (χ1v) is 14.6. The highest BCUT2D eigenvalue weighted by molar-refractivity contribution is 7.93. The van der Waals surface area contributed by atoms with E-state index in [0.29, 0.717) is 21.9 Å². The molecule has 42 heavy (non-hydrogen) atoms. The number of nitrogens with zero attached hydrogens (tertiary/aromatic N) is 2. The lowest BCUT2D eigenvalue weighted by Crippen LogP contribution is -2.37. The number of amides is 1. The molecule has 6 aromatic rings. The smallest absolute Gasteiger partial charge is 0.342 e. The van der Waals surface area contributed by atoms with Crippen molar-refractivity contribution in [3.63, 3.8) is 0 Å². The number of esters is 1. The fourth-order valence-electron chi connectivity index (χ4n) is 4.82. The lowest BCUT2D eigenvalue weighted by atomic mass is 10.1. The van der Waals surface area contributed by atoms with Gasteiger partial charge < -0.3 is 9.15 Å². The zero-order valence-corrected chi connectivity index (χ0v) is 23.2. The van der Waals surface area contributed by atoms with Crippen molar-refractivity contribution in [2.24, 2.45) is 0 Å². The van der Waals surface area contributed by atoms with E-state index in [-0.39, 0.29) is 34.1 Å². The molecule has 0 saturated carbocycles. The second kappa shape index (κ2) is 10.9. The van der Waals surface area contributed by atoms with Gasteiger partial charge in [-0.3, -0.25) is 9.78 Å². The van der Waals surface area contributed by atoms with Gasteiger partial charge in [0.2, 0.25) is 0 Å². The van der Waals surface area contributed by atoms with E-state index >= 15 is 0 Å². The second-order valence-corrected chi connectivity index (χ2v) is 11.2. The maximum atomic E-state index is 14.2. The van der Waals surface area contributed by atoms with Crippen LogP contribution in [0.25, 0.3) is 33.1 Å². The van der Waals surface area contributed by atoms with E-state index in [1.165, 1.54) is 48.8 Å². The van der Waals surface area contributed by atoms with E-state index in [0.717, 1.165) is 9.69 Å². The molecule has 0 N–H and O–H groups in total. The minimum Gasteiger partial charge on any atom is -0.462 e. The van der Waals surface area contributed by atoms with Crippen LogP contribution < -0.4 is 4.31 Å². The van der Waals surface area contributed by atoms with Crippen molar-refractivity contribution < 1.29 is 27.2 Å². The molecule has 0 radical (unpaired) electrons. The van der Waals surface area contributed by atoms with Crippen molar-refractivity contribution in [2.75, 3.05) is 10.9 Å². The van der Waals surface area contributed by atoms with Crippen LogP contribution in [0.2, 0.25) is 0 Å². The first-order chi connectivity index (χ1) is 20.4. The molecule has 2 aromatic heterocycles. The number of carbonyl (C=O) groups excluding carboxylic acids is 2. The van der Waals surface area contributed by atoms with Gasteiger partial charge in [0.15, 0.2) is 0 Å². The van der Waals surface area contributed by atoms with Crippen molar-refractivity contribution in [1.82, 2.24) is 4.98 Å². The molecule has 9 heteroatoms. The molecule has 0 aliphatic carbocycles. The summed E-state index contributed by atoms with van der Waals surface area (Å²) < 4.78 is 40.7. The molecule has 208 valence electrons. The number of fused-ring (bicyclic) bond motifs is 2. The Kier molecular flexibility index (Phi) is 7.02. The molecule has 0 unspecified atom stereocenters. The molecule has 0 aliphatic heterocycles. The number of hydrogen-bond donors (Lipinski definition) is 0. The summed E-state index contributed by atoms with van der Waals surface area (Å²) in [4.78, 5) is 31.0. The van der Waals surface area contributed by atoms with Crippen molar-refractivity contribution >= 4 is 49.3 Å². The number of hydrogen-bond acceptors (Lipinski definition) is 7. The average Bonchev–Trinajstić information content (AvgIpc) is 3.41. The van der Waals surface area contributed by atoms with Gasteiger partial charge in [-0.2, -0.15) is 4.31 Å². The number of anilines is 1. The molecule has 0 spiro atoms. The van der Waals surface area contributed by atoms with Gasteiger partial charge >= 0.3 is 5.97 Å². The van der Waals surface area contributed by atoms with E-state index < -0.39 is 21.9 Å². The summed E-state index contributed by atoms with van der Waals surface area (Å²) >= 11 is 0. The quantitative estimate of drug-likeness (QED) is 0.191. The fourth-order valence-corrected chi connectivity index (χ4v) is 6.26. The summed E-state index contributed by atoms with van der Waals surface area (Å²) in [6.45, 7) is 1.82. The van der Waals surface area contributed by atoms with Gasteiger partial charge in [-0.25, -0.2) is 13.2 Å². The predicted octanol–water partition coefficient (Wildman–Crippen LogP) is 6.86. The van der Waals surface area contributed by atoms with Crippen LogP contribution in [0.5, 0.6) is 0 Å². The number of aromatic nitrogens is 1. The Hall–Kier alpha value is -5.28. The van der Waals surface area contributed by atoms with Gasteiger partial charge in [-0.05, 0) is 60.2 Å². The minimum atomic E-state index is -4.43. The molecule has 1 amide bonds. The Bertz CT molecular complexity index is 2060. The molecule has 6 rings (SSSR count). The van der Waals surface area contributed by atoms with E-state index in [4.69, 9.17) is 9.15 Å². The molecule has 0 saturated heterocycles. The first kappa shape index (κ1) is 26.9. The molecule has 4 aromatic carbocycles.